The van der Waals surface area contributed by atoms with Gasteiger partial charge in [0.2, 0.25) is 0 Å². The van der Waals surface area contributed by atoms with E-state index in [1.54, 1.807) is 0 Å². The van der Waals surface area contributed by atoms with E-state index in [-0.39, 0.29) is 41.5 Å². The topological polar surface area (TPSA) is 51.2 Å². The molecule has 196 valence electrons. The summed E-state index contributed by atoms with van der Waals surface area (Å²) in [6.45, 7) is 12.3. The first-order valence-corrected chi connectivity index (χ1v) is 14.2. The summed E-state index contributed by atoms with van der Waals surface area (Å²) in [6, 6.07) is 2.38. The first-order valence-electron chi connectivity index (χ1n) is 14.2. The minimum absolute atomic E-state index is 0.0390. The second kappa shape index (κ2) is 12.8. The fourth-order valence-electron chi connectivity index (χ4n) is 6.63. The Balaban J connectivity index is 1.87. The Morgan fingerprint density at radius 3 is 2.44 bits per heavy atom. The Bertz CT molecular complexity index is 1040. The van der Waals surface area contributed by atoms with Gasteiger partial charge in [-0.3, -0.25) is 14.4 Å². The monoisotopic (exact) mass is 490 g/mol. The van der Waals surface area contributed by atoms with Crippen molar-refractivity contribution in [3.8, 4) is 0 Å². The van der Waals surface area contributed by atoms with Gasteiger partial charge in [0.05, 0.1) is 6.42 Å². The summed E-state index contributed by atoms with van der Waals surface area (Å²) in [4.78, 5) is 38.2. The zero-order valence-electron chi connectivity index (χ0n) is 23.4. The maximum atomic E-state index is 13.6. The molecular weight excluding hydrogens is 444 g/mol. The lowest BCUT2D eigenvalue weighted by Crippen LogP contribution is -2.30. The van der Waals surface area contributed by atoms with Crippen molar-refractivity contribution in [2.24, 2.45) is 17.8 Å². The summed E-state index contributed by atoms with van der Waals surface area (Å²) in [7, 11) is 0. The van der Waals surface area contributed by atoms with E-state index in [9.17, 15) is 14.4 Å². The molecule has 0 fully saturated rings. The Morgan fingerprint density at radius 2 is 1.86 bits per heavy atom. The number of Topliss-reactive ketones (excluding diaryl/α,β-unsaturated/α-hetero) is 3. The average molecular weight is 491 g/mol. The highest BCUT2D eigenvalue weighted by atomic mass is 16.1. The van der Waals surface area contributed by atoms with E-state index in [1.165, 1.54) is 34.8 Å². The van der Waals surface area contributed by atoms with Crippen LogP contribution in [0.15, 0.2) is 29.9 Å². The summed E-state index contributed by atoms with van der Waals surface area (Å²) in [5.74, 6) is 1.09. The van der Waals surface area contributed by atoms with Gasteiger partial charge < -0.3 is 0 Å². The Kier molecular flexibility index (Phi) is 10.0. The summed E-state index contributed by atoms with van der Waals surface area (Å²) < 4.78 is 0. The Morgan fingerprint density at radius 1 is 1.11 bits per heavy atom. The third-order valence-electron chi connectivity index (χ3n) is 8.38. The van der Waals surface area contributed by atoms with Gasteiger partial charge in [0.1, 0.15) is 11.6 Å². The molecule has 3 heteroatoms. The standard InChI is InChI=1S/C33H46O3/c1-7-11-27(28(8-2)31(35)16-22(5)34)17-25-18-30-29(21(3)4)20-26(15-14-24-12-9-10-13-24)23(6)33(30)32(36)19-25/h9,12-13,20-21,25,27-28H,7-8,10-11,14-19H2,1-6H3. The van der Waals surface area contributed by atoms with Gasteiger partial charge in [0.25, 0.3) is 0 Å². The van der Waals surface area contributed by atoms with Crippen LogP contribution >= 0.6 is 0 Å². The van der Waals surface area contributed by atoms with Crippen molar-refractivity contribution in [1.29, 1.82) is 0 Å². The highest BCUT2D eigenvalue weighted by Crippen LogP contribution is 2.40. The normalized spacial score (nSPS) is 18.8. The van der Waals surface area contributed by atoms with Crippen LogP contribution < -0.4 is 0 Å². The van der Waals surface area contributed by atoms with Crippen LogP contribution in [0.4, 0.5) is 0 Å². The van der Waals surface area contributed by atoms with Crippen molar-refractivity contribution in [2.45, 2.75) is 112 Å². The molecule has 0 aliphatic heterocycles. The van der Waals surface area contributed by atoms with Crippen molar-refractivity contribution in [3.05, 3.63) is 57.7 Å². The lowest BCUT2D eigenvalue weighted by atomic mass is 9.70. The number of aryl methyl sites for hydroxylation is 1. The van der Waals surface area contributed by atoms with Crippen molar-refractivity contribution >= 4 is 17.3 Å². The quantitative estimate of drug-likeness (QED) is 0.263. The molecule has 0 bridgehead atoms. The van der Waals surface area contributed by atoms with Gasteiger partial charge in [-0.1, -0.05) is 70.4 Å². The number of carbonyl (C=O) groups excluding carboxylic acids is 3. The molecule has 2 aliphatic rings. The van der Waals surface area contributed by atoms with Crippen LogP contribution in [-0.2, 0) is 22.4 Å². The summed E-state index contributed by atoms with van der Waals surface area (Å²) in [6.07, 6.45) is 14.9. The number of allylic oxidation sites excluding steroid dienone is 4. The molecule has 0 amide bonds. The van der Waals surface area contributed by atoms with Gasteiger partial charge in [0.15, 0.2) is 5.78 Å². The van der Waals surface area contributed by atoms with E-state index in [4.69, 9.17) is 0 Å². The fraction of sp³-hybridized carbons (Fsp3) is 0.606. The molecule has 0 saturated carbocycles. The lowest BCUT2D eigenvalue weighted by molar-refractivity contribution is -0.129. The van der Waals surface area contributed by atoms with Crippen LogP contribution in [0.5, 0.6) is 0 Å². The van der Waals surface area contributed by atoms with E-state index >= 15 is 0 Å². The largest absolute Gasteiger partial charge is 0.300 e. The first kappa shape index (κ1) is 28.3. The predicted molar refractivity (Wildman–Crippen MR) is 149 cm³/mol. The van der Waals surface area contributed by atoms with Gasteiger partial charge in [-0.25, -0.2) is 0 Å². The molecule has 3 unspecified atom stereocenters. The smallest absolute Gasteiger partial charge is 0.163 e. The number of hydrogen-bond acceptors (Lipinski definition) is 3. The van der Waals surface area contributed by atoms with E-state index in [1.807, 2.05) is 0 Å². The van der Waals surface area contributed by atoms with Crippen LogP contribution in [0.2, 0.25) is 0 Å². The summed E-state index contributed by atoms with van der Waals surface area (Å²) >= 11 is 0. The van der Waals surface area contributed by atoms with Crippen molar-refractivity contribution < 1.29 is 14.4 Å². The molecule has 36 heavy (non-hydrogen) atoms. The minimum atomic E-state index is -0.0852. The van der Waals surface area contributed by atoms with Crippen molar-refractivity contribution in [3.63, 3.8) is 0 Å². The van der Waals surface area contributed by atoms with Gasteiger partial charge in [-0.2, -0.15) is 0 Å². The molecule has 0 saturated heterocycles. The average Bonchev–Trinajstić information content (AvgIpc) is 3.32. The van der Waals surface area contributed by atoms with Gasteiger partial charge >= 0.3 is 0 Å². The highest BCUT2D eigenvalue weighted by Gasteiger charge is 2.34. The van der Waals surface area contributed by atoms with Crippen LogP contribution in [0.1, 0.15) is 125 Å². The maximum Gasteiger partial charge on any atom is 0.163 e. The lowest BCUT2D eigenvalue weighted by Gasteiger charge is -2.33. The third-order valence-corrected chi connectivity index (χ3v) is 8.38. The fourth-order valence-corrected chi connectivity index (χ4v) is 6.63. The highest BCUT2D eigenvalue weighted by molar-refractivity contribution is 6.01. The Hall–Kier alpha value is -2.29. The molecule has 3 rings (SSSR count). The molecule has 1 aromatic carbocycles. The molecular formula is C33H46O3. The number of carbonyl (C=O) groups is 3. The minimum Gasteiger partial charge on any atom is -0.300 e. The van der Waals surface area contributed by atoms with Gasteiger partial charge in [-0.15, -0.1) is 0 Å². The number of ketones is 3. The number of benzene rings is 1. The number of fused-ring (bicyclic) bond motifs is 1. The number of hydrogen-bond donors (Lipinski definition) is 0. The van der Waals surface area contributed by atoms with E-state index in [2.05, 4.69) is 58.9 Å². The molecule has 0 spiro atoms. The van der Waals surface area contributed by atoms with Crippen LogP contribution in [0, 0.1) is 24.7 Å². The molecule has 2 aliphatic carbocycles. The molecule has 0 aromatic heterocycles. The SMILES string of the molecule is CCCC(CC1CC(=O)c2c(C)c(CCC3=CCC=C3)cc(C(C)C)c2C1)C(CC)C(=O)CC(C)=O. The predicted octanol–water partition coefficient (Wildman–Crippen LogP) is 8.06. The van der Waals surface area contributed by atoms with Crippen LogP contribution in [0.25, 0.3) is 0 Å². The summed E-state index contributed by atoms with van der Waals surface area (Å²) in [5, 5.41) is 0. The van der Waals surface area contributed by atoms with E-state index in [0.717, 1.165) is 56.9 Å². The van der Waals surface area contributed by atoms with Crippen LogP contribution in [0.3, 0.4) is 0 Å². The Labute approximate surface area is 218 Å². The molecule has 3 atom stereocenters. The second-order valence-corrected chi connectivity index (χ2v) is 11.5. The zero-order valence-corrected chi connectivity index (χ0v) is 23.4. The molecule has 3 nitrogen and oxygen atoms in total. The van der Waals surface area contributed by atoms with Crippen molar-refractivity contribution in [2.75, 3.05) is 0 Å². The first-order chi connectivity index (χ1) is 17.2. The zero-order chi connectivity index (χ0) is 26.4. The van der Waals surface area contributed by atoms with Gasteiger partial charge in [0, 0.05) is 17.9 Å². The number of rotatable bonds is 13. The third kappa shape index (κ3) is 6.72. The molecule has 0 radical (unpaired) electrons. The van der Waals surface area contributed by atoms with E-state index < -0.39 is 0 Å². The van der Waals surface area contributed by atoms with Crippen LogP contribution in [-0.4, -0.2) is 17.3 Å². The molecule has 0 heterocycles. The van der Waals surface area contributed by atoms with Gasteiger partial charge in [-0.05, 0) is 92.4 Å². The molecule has 0 N–H and O–H groups in total. The molecule has 1 aromatic rings. The van der Waals surface area contributed by atoms with Crippen molar-refractivity contribution in [1.82, 2.24) is 0 Å². The van der Waals surface area contributed by atoms with E-state index in [0.29, 0.717) is 12.3 Å². The maximum absolute atomic E-state index is 13.6. The second-order valence-electron chi connectivity index (χ2n) is 11.5. The summed E-state index contributed by atoms with van der Waals surface area (Å²) in [5.41, 5.74) is 7.45.